The number of benzene rings is 2. The monoisotopic (exact) mass is 381 g/mol. The molecule has 0 bridgehead atoms. The number of ether oxygens (including phenoxy) is 2. The molecule has 0 saturated carbocycles. The molecule has 28 heavy (non-hydrogen) atoms. The predicted octanol–water partition coefficient (Wildman–Crippen LogP) is 4.37. The normalized spacial score (nSPS) is 15.8. The van der Waals surface area contributed by atoms with Crippen molar-refractivity contribution in [1.29, 1.82) is 0 Å². The van der Waals surface area contributed by atoms with Gasteiger partial charge in [-0.05, 0) is 54.4 Å². The van der Waals surface area contributed by atoms with Gasteiger partial charge < -0.3 is 14.8 Å². The molecule has 0 spiro atoms. The fraction of sp³-hybridized carbons (Fsp3) is 0.458. The van der Waals surface area contributed by atoms with E-state index in [0.29, 0.717) is 45.3 Å². The van der Waals surface area contributed by atoms with E-state index in [9.17, 15) is 4.79 Å². The number of nitrogens with one attached hydrogen (secondary N) is 1. The second-order valence-electron chi connectivity index (χ2n) is 7.34. The Kier molecular flexibility index (Phi) is 8.07. The first-order valence-corrected chi connectivity index (χ1v) is 10.3. The highest BCUT2D eigenvalue weighted by Gasteiger charge is 2.22. The Bertz CT molecular complexity index is 759. The summed E-state index contributed by atoms with van der Waals surface area (Å²) in [6.07, 6.45) is 3.96. The van der Waals surface area contributed by atoms with Crippen LogP contribution in [0.4, 0.5) is 0 Å². The molecule has 4 heteroatoms. The van der Waals surface area contributed by atoms with Gasteiger partial charge in [0, 0.05) is 19.6 Å². The SMILES string of the molecule is CCOCCOCc1cccc(CNC(=O)CC2CCCc3ccccc32)c1. The van der Waals surface area contributed by atoms with Gasteiger partial charge in [0.05, 0.1) is 19.8 Å². The molecule has 2 aromatic rings. The first-order valence-electron chi connectivity index (χ1n) is 10.3. The number of amides is 1. The largest absolute Gasteiger partial charge is 0.379 e. The number of aryl methyl sites for hydroxylation is 1. The molecule has 4 nitrogen and oxygen atoms in total. The topological polar surface area (TPSA) is 47.6 Å². The van der Waals surface area contributed by atoms with E-state index < -0.39 is 0 Å². The van der Waals surface area contributed by atoms with Crippen LogP contribution in [0, 0.1) is 0 Å². The van der Waals surface area contributed by atoms with Gasteiger partial charge >= 0.3 is 0 Å². The van der Waals surface area contributed by atoms with E-state index in [1.54, 1.807) is 0 Å². The zero-order chi connectivity index (χ0) is 19.6. The fourth-order valence-electron chi connectivity index (χ4n) is 3.84. The minimum Gasteiger partial charge on any atom is -0.379 e. The summed E-state index contributed by atoms with van der Waals surface area (Å²) in [5.41, 5.74) is 4.98. The number of rotatable bonds is 10. The summed E-state index contributed by atoms with van der Waals surface area (Å²) in [6, 6.07) is 16.7. The van der Waals surface area contributed by atoms with Gasteiger partial charge in [-0.3, -0.25) is 4.79 Å². The average Bonchev–Trinajstić information content (AvgIpc) is 2.73. The highest BCUT2D eigenvalue weighted by Crippen LogP contribution is 2.33. The van der Waals surface area contributed by atoms with Crippen LogP contribution in [0.25, 0.3) is 0 Å². The third-order valence-electron chi connectivity index (χ3n) is 5.25. The molecule has 1 aliphatic rings. The molecule has 0 heterocycles. The smallest absolute Gasteiger partial charge is 0.220 e. The van der Waals surface area contributed by atoms with Crippen LogP contribution in [-0.2, 0) is 33.8 Å². The molecule has 1 unspecified atom stereocenters. The van der Waals surface area contributed by atoms with Gasteiger partial charge in [-0.15, -0.1) is 0 Å². The first-order chi connectivity index (χ1) is 13.8. The van der Waals surface area contributed by atoms with E-state index >= 15 is 0 Å². The Labute approximate surface area is 168 Å². The molecular weight excluding hydrogens is 350 g/mol. The van der Waals surface area contributed by atoms with Crippen LogP contribution in [0.3, 0.4) is 0 Å². The maximum atomic E-state index is 12.5. The van der Waals surface area contributed by atoms with Gasteiger partial charge in [0.2, 0.25) is 5.91 Å². The number of fused-ring (bicyclic) bond motifs is 1. The quantitative estimate of drug-likeness (QED) is 0.622. The lowest BCUT2D eigenvalue weighted by Crippen LogP contribution is -2.25. The van der Waals surface area contributed by atoms with Crippen molar-refractivity contribution in [1.82, 2.24) is 5.32 Å². The van der Waals surface area contributed by atoms with Crippen LogP contribution in [0.15, 0.2) is 48.5 Å². The maximum absolute atomic E-state index is 12.5. The molecular formula is C24H31NO3. The van der Waals surface area contributed by atoms with Crippen LogP contribution in [0.5, 0.6) is 0 Å². The summed E-state index contributed by atoms with van der Waals surface area (Å²) < 4.78 is 10.9. The van der Waals surface area contributed by atoms with Gasteiger partial charge in [-0.1, -0.05) is 48.5 Å². The molecule has 0 saturated heterocycles. The fourth-order valence-corrected chi connectivity index (χ4v) is 3.84. The third kappa shape index (κ3) is 6.18. The number of carbonyl (C=O) groups excluding carboxylic acids is 1. The van der Waals surface area contributed by atoms with E-state index in [0.717, 1.165) is 24.0 Å². The molecule has 0 fully saturated rings. The summed E-state index contributed by atoms with van der Waals surface area (Å²) in [5.74, 6) is 0.468. The second kappa shape index (κ2) is 11.0. The highest BCUT2D eigenvalue weighted by atomic mass is 16.5. The minimum atomic E-state index is 0.125. The van der Waals surface area contributed by atoms with Gasteiger partial charge in [0.25, 0.3) is 0 Å². The van der Waals surface area contributed by atoms with Gasteiger partial charge in [-0.2, -0.15) is 0 Å². The van der Waals surface area contributed by atoms with Crippen molar-refractivity contribution < 1.29 is 14.3 Å². The van der Waals surface area contributed by atoms with Crippen molar-refractivity contribution in [2.24, 2.45) is 0 Å². The van der Waals surface area contributed by atoms with E-state index in [-0.39, 0.29) is 5.91 Å². The van der Waals surface area contributed by atoms with Crippen LogP contribution in [-0.4, -0.2) is 25.7 Å². The Morgan fingerprint density at radius 1 is 1.07 bits per heavy atom. The van der Waals surface area contributed by atoms with E-state index in [2.05, 4.69) is 35.6 Å². The molecule has 150 valence electrons. The molecule has 1 atom stereocenters. The zero-order valence-corrected chi connectivity index (χ0v) is 16.8. The number of hydrogen-bond donors (Lipinski definition) is 1. The van der Waals surface area contributed by atoms with Crippen molar-refractivity contribution >= 4 is 5.91 Å². The van der Waals surface area contributed by atoms with Gasteiger partial charge in [-0.25, -0.2) is 0 Å². The predicted molar refractivity (Wildman–Crippen MR) is 111 cm³/mol. The van der Waals surface area contributed by atoms with Gasteiger partial charge in [0.1, 0.15) is 0 Å². The number of hydrogen-bond acceptors (Lipinski definition) is 3. The Balaban J connectivity index is 1.45. The lowest BCUT2D eigenvalue weighted by atomic mass is 9.81. The Hall–Kier alpha value is -2.17. The molecule has 1 amide bonds. The van der Waals surface area contributed by atoms with Crippen LogP contribution < -0.4 is 5.32 Å². The molecule has 0 aromatic heterocycles. The summed E-state index contributed by atoms with van der Waals surface area (Å²) in [6.45, 7) is 5.03. The van der Waals surface area contributed by atoms with Gasteiger partial charge in [0.15, 0.2) is 0 Å². The summed E-state index contributed by atoms with van der Waals surface area (Å²) >= 11 is 0. The molecule has 2 aromatic carbocycles. The molecule has 1 aliphatic carbocycles. The molecule has 1 N–H and O–H groups in total. The Morgan fingerprint density at radius 3 is 2.79 bits per heavy atom. The second-order valence-corrected chi connectivity index (χ2v) is 7.34. The van der Waals surface area contributed by atoms with Crippen molar-refractivity contribution in [3.63, 3.8) is 0 Å². The van der Waals surface area contributed by atoms with E-state index in [4.69, 9.17) is 9.47 Å². The van der Waals surface area contributed by atoms with E-state index in [1.165, 1.54) is 17.5 Å². The van der Waals surface area contributed by atoms with Crippen molar-refractivity contribution in [2.75, 3.05) is 19.8 Å². The number of carbonyl (C=O) groups is 1. The average molecular weight is 382 g/mol. The minimum absolute atomic E-state index is 0.125. The van der Waals surface area contributed by atoms with Crippen molar-refractivity contribution in [3.8, 4) is 0 Å². The molecule has 0 aliphatic heterocycles. The summed E-state index contributed by atoms with van der Waals surface area (Å²) in [5, 5.41) is 3.09. The van der Waals surface area contributed by atoms with Crippen LogP contribution in [0.2, 0.25) is 0 Å². The lowest BCUT2D eigenvalue weighted by Gasteiger charge is -2.25. The standard InChI is InChI=1S/C24H31NO3/c1-2-27-13-14-28-18-20-8-5-7-19(15-20)17-25-24(26)16-22-11-6-10-21-9-3-4-12-23(21)22/h3-5,7-9,12,15,22H,2,6,10-11,13-14,16-18H2,1H3,(H,25,26). The van der Waals surface area contributed by atoms with Crippen LogP contribution >= 0.6 is 0 Å². The van der Waals surface area contributed by atoms with E-state index in [1.807, 2.05) is 25.1 Å². The molecule has 3 rings (SSSR count). The molecule has 0 radical (unpaired) electrons. The highest BCUT2D eigenvalue weighted by molar-refractivity contribution is 5.77. The summed E-state index contributed by atoms with van der Waals surface area (Å²) in [7, 11) is 0. The third-order valence-corrected chi connectivity index (χ3v) is 5.25. The first kappa shape index (κ1) is 20.6. The zero-order valence-electron chi connectivity index (χ0n) is 16.8. The lowest BCUT2D eigenvalue weighted by molar-refractivity contribution is -0.121. The maximum Gasteiger partial charge on any atom is 0.220 e. The van der Waals surface area contributed by atoms with Crippen LogP contribution in [0.1, 0.15) is 54.4 Å². The van der Waals surface area contributed by atoms with Crippen molar-refractivity contribution in [2.45, 2.75) is 51.7 Å². The summed E-state index contributed by atoms with van der Waals surface area (Å²) in [4.78, 5) is 12.5. The van der Waals surface area contributed by atoms with Crippen molar-refractivity contribution in [3.05, 3.63) is 70.8 Å². The Morgan fingerprint density at radius 2 is 1.89 bits per heavy atom.